The fourth-order valence-electron chi connectivity index (χ4n) is 2.66. The first kappa shape index (κ1) is 13.7. The van der Waals surface area contributed by atoms with Gasteiger partial charge in [-0.05, 0) is 33.1 Å². The van der Waals surface area contributed by atoms with E-state index in [1.165, 1.54) is 25.7 Å². The summed E-state index contributed by atoms with van der Waals surface area (Å²) in [6.45, 7) is 6.41. The molecule has 1 saturated heterocycles. The molecule has 2 rings (SSSR count). The number of epoxide rings is 1. The molecule has 18 heavy (non-hydrogen) atoms. The Morgan fingerprint density at radius 2 is 2.00 bits per heavy atom. The van der Waals surface area contributed by atoms with E-state index in [9.17, 15) is 4.79 Å². The molecule has 1 aliphatic heterocycles. The maximum absolute atomic E-state index is 11.8. The van der Waals surface area contributed by atoms with Crippen LogP contribution in [-0.2, 0) is 9.47 Å². The molecule has 2 fully saturated rings. The summed E-state index contributed by atoms with van der Waals surface area (Å²) in [5.74, 6) is 0.745. The summed E-state index contributed by atoms with van der Waals surface area (Å²) < 4.78 is 10.6. The van der Waals surface area contributed by atoms with Gasteiger partial charge in [-0.25, -0.2) is 4.79 Å². The molecule has 0 aromatic heterocycles. The van der Waals surface area contributed by atoms with Crippen LogP contribution in [-0.4, -0.2) is 30.4 Å². The summed E-state index contributed by atoms with van der Waals surface area (Å²) in [5, 5.41) is 2.98. The lowest BCUT2D eigenvalue weighted by Crippen LogP contribution is -2.42. The highest BCUT2D eigenvalue weighted by atomic mass is 16.6. The average Bonchev–Trinajstić information content (AvgIpc) is 2.95. The first-order valence-corrected chi connectivity index (χ1v) is 7.05. The van der Waals surface area contributed by atoms with E-state index >= 15 is 0 Å². The van der Waals surface area contributed by atoms with Crippen molar-refractivity contribution in [1.82, 2.24) is 5.32 Å². The number of amides is 1. The summed E-state index contributed by atoms with van der Waals surface area (Å²) in [7, 11) is 0. The fourth-order valence-corrected chi connectivity index (χ4v) is 2.66. The van der Waals surface area contributed by atoms with Crippen molar-refractivity contribution in [2.45, 2.75) is 70.6 Å². The summed E-state index contributed by atoms with van der Waals surface area (Å²) in [6.07, 6.45) is 6.16. The summed E-state index contributed by atoms with van der Waals surface area (Å²) >= 11 is 0. The summed E-state index contributed by atoms with van der Waals surface area (Å²) in [6, 6.07) is 0.128. The zero-order valence-electron chi connectivity index (χ0n) is 11.7. The maximum Gasteiger partial charge on any atom is 0.407 e. The highest BCUT2D eigenvalue weighted by Crippen LogP contribution is 2.31. The van der Waals surface area contributed by atoms with Gasteiger partial charge >= 0.3 is 6.09 Å². The quantitative estimate of drug-likeness (QED) is 0.786. The number of carbonyl (C=O) groups excluding carboxylic acids is 1. The molecule has 1 saturated carbocycles. The molecule has 0 unspecified atom stereocenters. The van der Waals surface area contributed by atoms with Crippen LogP contribution in [0.15, 0.2) is 0 Å². The minimum absolute atomic E-state index is 0.128. The lowest BCUT2D eigenvalue weighted by atomic mass is 9.97. The molecule has 0 radical (unpaired) electrons. The van der Waals surface area contributed by atoms with Crippen LogP contribution < -0.4 is 5.32 Å². The monoisotopic (exact) mass is 255 g/mol. The Hall–Kier alpha value is -0.770. The van der Waals surface area contributed by atoms with Gasteiger partial charge < -0.3 is 14.8 Å². The minimum atomic E-state index is -0.438. The first-order valence-electron chi connectivity index (χ1n) is 7.05. The normalized spacial score (nSPS) is 25.8. The molecule has 0 bridgehead atoms. The Balaban J connectivity index is 1.80. The van der Waals surface area contributed by atoms with Crippen molar-refractivity contribution in [3.63, 3.8) is 0 Å². The van der Waals surface area contributed by atoms with Gasteiger partial charge in [-0.1, -0.05) is 25.7 Å². The highest BCUT2D eigenvalue weighted by molar-refractivity contribution is 5.68. The largest absolute Gasteiger partial charge is 0.444 e. The van der Waals surface area contributed by atoms with Crippen LogP contribution in [0.1, 0.15) is 52.9 Å². The third-order valence-electron chi connectivity index (χ3n) is 3.57. The predicted octanol–water partition coefficient (Wildman–Crippen LogP) is 2.86. The number of ether oxygens (including phenoxy) is 2. The van der Waals surface area contributed by atoms with Crippen molar-refractivity contribution in [2.24, 2.45) is 5.92 Å². The van der Waals surface area contributed by atoms with Gasteiger partial charge in [0.1, 0.15) is 11.7 Å². The lowest BCUT2D eigenvalue weighted by Gasteiger charge is -2.24. The summed E-state index contributed by atoms with van der Waals surface area (Å²) in [4.78, 5) is 11.8. The number of alkyl carbamates (subject to hydrolysis) is 1. The molecule has 0 aromatic carbocycles. The molecule has 0 spiro atoms. The van der Waals surface area contributed by atoms with Crippen LogP contribution in [0, 0.1) is 5.92 Å². The molecule has 1 aliphatic carbocycles. The van der Waals surface area contributed by atoms with Crippen molar-refractivity contribution < 1.29 is 14.3 Å². The van der Waals surface area contributed by atoms with Gasteiger partial charge in [-0.3, -0.25) is 0 Å². The van der Waals surface area contributed by atoms with Gasteiger partial charge in [0.05, 0.1) is 12.6 Å². The van der Waals surface area contributed by atoms with Gasteiger partial charge in [0, 0.05) is 0 Å². The Kier molecular flexibility index (Phi) is 4.15. The average molecular weight is 255 g/mol. The molecule has 2 aliphatic rings. The fraction of sp³-hybridized carbons (Fsp3) is 0.929. The molecular weight excluding hydrogens is 230 g/mol. The topological polar surface area (TPSA) is 50.9 Å². The van der Waals surface area contributed by atoms with Gasteiger partial charge in [-0.15, -0.1) is 0 Å². The molecule has 1 N–H and O–H groups in total. The number of hydrogen-bond donors (Lipinski definition) is 1. The van der Waals surface area contributed by atoms with Gasteiger partial charge in [0.25, 0.3) is 0 Å². The smallest absolute Gasteiger partial charge is 0.407 e. The zero-order chi connectivity index (χ0) is 13.2. The Morgan fingerprint density at radius 1 is 1.39 bits per heavy atom. The van der Waals surface area contributed by atoms with Gasteiger partial charge in [-0.2, -0.15) is 0 Å². The van der Waals surface area contributed by atoms with Crippen molar-refractivity contribution in [3.8, 4) is 0 Å². The Labute approximate surface area is 109 Å². The van der Waals surface area contributed by atoms with E-state index < -0.39 is 5.60 Å². The molecule has 104 valence electrons. The van der Waals surface area contributed by atoms with Crippen LogP contribution in [0.5, 0.6) is 0 Å². The standard InChI is InChI=1S/C14H25NO3/c1-14(2,3)18-13(16)15-11(12-9-17-12)8-10-6-4-5-7-10/h10-12H,4-9H2,1-3H3,(H,15,16)/t11-,12+/m0/s1. The van der Waals surface area contributed by atoms with Crippen LogP contribution in [0.25, 0.3) is 0 Å². The summed E-state index contributed by atoms with van der Waals surface area (Å²) in [5.41, 5.74) is -0.438. The van der Waals surface area contributed by atoms with E-state index in [1.807, 2.05) is 20.8 Å². The third kappa shape index (κ3) is 4.48. The lowest BCUT2D eigenvalue weighted by molar-refractivity contribution is 0.0487. The van der Waals surface area contributed by atoms with Gasteiger partial charge in [0.2, 0.25) is 0 Å². The van der Waals surface area contributed by atoms with Crippen LogP contribution in [0.2, 0.25) is 0 Å². The molecule has 4 nitrogen and oxygen atoms in total. The van der Waals surface area contributed by atoms with Crippen molar-refractivity contribution in [1.29, 1.82) is 0 Å². The molecule has 1 amide bonds. The van der Waals surface area contributed by atoms with E-state index in [-0.39, 0.29) is 18.2 Å². The van der Waals surface area contributed by atoms with Crippen molar-refractivity contribution >= 4 is 6.09 Å². The minimum Gasteiger partial charge on any atom is -0.444 e. The van der Waals surface area contributed by atoms with E-state index in [1.54, 1.807) is 0 Å². The number of hydrogen-bond acceptors (Lipinski definition) is 3. The third-order valence-corrected chi connectivity index (χ3v) is 3.57. The first-order chi connectivity index (χ1) is 8.44. The van der Waals surface area contributed by atoms with Gasteiger partial charge in [0.15, 0.2) is 0 Å². The highest BCUT2D eigenvalue weighted by Gasteiger charge is 2.36. The van der Waals surface area contributed by atoms with E-state index in [0.717, 1.165) is 18.9 Å². The van der Waals surface area contributed by atoms with Crippen LogP contribution in [0.3, 0.4) is 0 Å². The molecule has 0 aromatic rings. The molecule has 4 heteroatoms. The number of rotatable bonds is 4. The Bertz CT molecular complexity index is 288. The second kappa shape index (κ2) is 5.47. The van der Waals surface area contributed by atoms with E-state index in [4.69, 9.17) is 9.47 Å². The Morgan fingerprint density at radius 3 is 2.50 bits per heavy atom. The van der Waals surface area contributed by atoms with Crippen LogP contribution in [0.4, 0.5) is 4.79 Å². The van der Waals surface area contributed by atoms with Crippen molar-refractivity contribution in [3.05, 3.63) is 0 Å². The zero-order valence-corrected chi connectivity index (χ0v) is 11.7. The second-order valence-corrected chi connectivity index (χ2v) is 6.51. The number of carbonyl (C=O) groups is 1. The number of nitrogens with one attached hydrogen (secondary N) is 1. The predicted molar refractivity (Wildman–Crippen MR) is 69.5 cm³/mol. The molecular formula is C14H25NO3. The van der Waals surface area contributed by atoms with Crippen LogP contribution >= 0.6 is 0 Å². The molecule has 1 heterocycles. The van der Waals surface area contributed by atoms with E-state index in [2.05, 4.69) is 5.32 Å². The molecule has 2 atom stereocenters. The maximum atomic E-state index is 11.8. The second-order valence-electron chi connectivity index (χ2n) is 6.51. The van der Waals surface area contributed by atoms with E-state index in [0.29, 0.717) is 0 Å². The van der Waals surface area contributed by atoms with Crippen molar-refractivity contribution in [2.75, 3.05) is 6.61 Å². The SMILES string of the molecule is CC(C)(C)OC(=O)N[C@@H](CC1CCCC1)[C@H]1CO1.